The molecule has 0 atom stereocenters. The van der Waals surface area contributed by atoms with Crippen LogP contribution in [0.1, 0.15) is 19.9 Å². The van der Waals surface area contributed by atoms with Crippen LogP contribution in [0.4, 0.5) is 11.5 Å². The molecule has 0 radical (unpaired) electrons. The summed E-state index contributed by atoms with van der Waals surface area (Å²) in [5, 5.41) is 13.6. The Morgan fingerprint density at radius 1 is 1.42 bits per heavy atom. The first-order chi connectivity index (χ1) is 9.13. The minimum absolute atomic E-state index is 0.302. The average molecular weight is 259 g/mol. The van der Waals surface area contributed by atoms with Gasteiger partial charge in [0.2, 0.25) is 0 Å². The van der Waals surface area contributed by atoms with Gasteiger partial charge in [-0.3, -0.25) is 4.68 Å². The fraction of sp³-hybridized carbons (Fsp3) is 0.273. The Hall–Kier alpha value is -2.64. The van der Waals surface area contributed by atoms with Crippen molar-refractivity contribution in [3.8, 4) is 0 Å². The Balaban J connectivity index is 1.89. The third-order valence-electron chi connectivity index (χ3n) is 2.71. The smallest absolute Gasteiger partial charge is 0.338 e. The van der Waals surface area contributed by atoms with E-state index >= 15 is 0 Å². The number of anilines is 2. The highest BCUT2D eigenvalue weighted by atomic mass is 16.1. The van der Waals surface area contributed by atoms with Crippen molar-refractivity contribution in [1.82, 2.24) is 29.4 Å². The molecule has 2 N–H and O–H groups in total. The lowest BCUT2D eigenvalue weighted by molar-refractivity contribution is 0.532. The highest BCUT2D eigenvalue weighted by Crippen LogP contribution is 2.15. The van der Waals surface area contributed by atoms with Gasteiger partial charge in [-0.2, -0.15) is 10.2 Å². The Morgan fingerprint density at radius 3 is 3.00 bits per heavy atom. The standard InChI is InChI=1S/C11H13N7O/c1-7(2)18-5-8(4-13-18)14-9-3-10-15-16-11(19)17(10)6-12-9/h3-7,14H,1-2H3,(H,16,19). The summed E-state index contributed by atoms with van der Waals surface area (Å²) in [5.74, 6) is 0.606. The van der Waals surface area contributed by atoms with E-state index in [2.05, 4.69) is 39.4 Å². The molecule has 0 spiro atoms. The van der Waals surface area contributed by atoms with Crippen LogP contribution in [0.3, 0.4) is 0 Å². The Morgan fingerprint density at radius 2 is 2.26 bits per heavy atom. The molecule has 0 aliphatic heterocycles. The largest absolute Gasteiger partial charge is 0.348 e. The van der Waals surface area contributed by atoms with Crippen LogP contribution in [0, 0.1) is 0 Å². The summed E-state index contributed by atoms with van der Waals surface area (Å²) in [4.78, 5) is 15.4. The van der Waals surface area contributed by atoms with Crippen LogP contribution < -0.4 is 11.0 Å². The van der Waals surface area contributed by atoms with Crippen molar-refractivity contribution in [2.45, 2.75) is 19.9 Å². The number of hydrogen-bond donors (Lipinski definition) is 2. The van der Waals surface area contributed by atoms with Gasteiger partial charge < -0.3 is 5.32 Å². The van der Waals surface area contributed by atoms with Gasteiger partial charge in [-0.1, -0.05) is 0 Å². The summed E-state index contributed by atoms with van der Waals surface area (Å²) in [6.45, 7) is 4.11. The predicted molar refractivity (Wildman–Crippen MR) is 69.5 cm³/mol. The molecule has 3 aromatic rings. The second-order valence-electron chi connectivity index (χ2n) is 4.46. The summed E-state index contributed by atoms with van der Waals surface area (Å²) in [7, 11) is 0. The van der Waals surface area contributed by atoms with Crippen LogP contribution in [-0.4, -0.2) is 29.4 Å². The van der Waals surface area contributed by atoms with Crippen LogP contribution in [0.2, 0.25) is 0 Å². The second kappa shape index (κ2) is 4.23. The van der Waals surface area contributed by atoms with Crippen LogP contribution >= 0.6 is 0 Å². The molecule has 0 amide bonds. The number of rotatable bonds is 3. The van der Waals surface area contributed by atoms with E-state index in [4.69, 9.17) is 0 Å². The van der Waals surface area contributed by atoms with Crippen LogP contribution in [0.5, 0.6) is 0 Å². The van der Waals surface area contributed by atoms with Crippen molar-refractivity contribution in [3.05, 3.63) is 35.3 Å². The number of aromatic nitrogens is 6. The zero-order valence-corrected chi connectivity index (χ0v) is 10.5. The topological polar surface area (TPSA) is 92.9 Å². The van der Waals surface area contributed by atoms with Crippen LogP contribution in [-0.2, 0) is 0 Å². The van der Waals surface area contributed by atoms with Gasteiger partial charge in [0, 0.05) is 18.3 Å². The highest BCUT2D eigenvalue weighted by Gasteiger charge is 2.05. The maximum absolute atomic E-state index is 11.3. The van der Waals surface area contributed by atoms with Gasteiger partial charge in [-0.25, -0.2) is 19.3 Å². The van der Waals surface area contributed by atoms with Crippen molar-refractivity contribution in [2.75, 3.05) is 5.32 Å². The fourth-order valence-electron chi connectivity index (χ4n) is 1.71. The van der Waals surface area contributed by atoms with E-state index in [1.165, 1.54) is 10.7 Å². The quantitative estimate of drug-likeness (QED) is 0.730. The zero-order valence-electron chi connectivity index (χ0n) is 10.5. The molecule has 0 saturated heterocycles. The molecule has 0 saturated carbocycles. The maximum atomic E-state index is 11.3. The van der Waals surface area contributed by atoms with Crippen molar-refractivity contribution in [3.63, 3.8) is 0 Å². The molecular formula is C11H13N7O. The fourth-order valence-corrected chi connectivity index (χ4v) is 1.71. The van der Waals surface area contributed by atoms with Crippen molar-refractivity contribution in [1.29, 1.82) is 0 Å². The van der Waals surface area contributed by atoms with E-state index in [0.717, 1.165) is 5.69 Å². The highest BCUT2D eigenvalue weighted by molar-refractivity contribution is 5.58. The van der Waals surface area contributed by atoms with Gasteiger partial charge in [0.25, 0.3) is 0 Å². The molecule has 0 unspecified atom stereocenters. The number of H-pyrrole nitrogens is 1. The van der Waals surface area contributed by atoms with Crippen molar-refractivity contribution >= 4 is 17.2 Å². The van der Waals surface area contributed by atoms with Crippen molar-refractivity contribution in [2.24, 2.45) is 0 Å². The minimum Gasteiger partial charge on any atom is -0.338 e. The van der Waals surface area contributed by atoms with Gasteiger partial charge in [0.1, 0.15) is 12.1 Å². The summed E-state index contributed by atoms with van der Waals surface area (Å²) in [6.07, 6.45) is 5.05. The average Bonchev–Trinajstić information content (AvgIpc) is 2.97. The number of fused-ring (bicyclic) bond motifs is 1. The summed E-state index contributed by atoms with van der Waals surface area (Å²) < 4.78 is 3.18. The molecule has 0 aromatic carbocycles. The molecule has 3 heterocycles. The van der Waals surface area contributed by atoms with Crippen molar-refractivity contribution < 1.29 is 0 Å². The van der Waals surface area contributed by atoms with E-state index in [-0.39, 0.29) is 5.69 Å². The van der Waals surface area contributed by atoms with Gasteiger partial charge >= 0.3 is 5.69 Å². The maximum Gasteiger partial charge on any atom is 0.348 e. The van der Waals surface area contributed by atoms with E-state index in [1.807, 2.05) is 10.9 Å². The van der Waals surface area contributed by atoms with Gasteiger partial charge in [0.05, 0.1) is 11.9 Å². The molecule has 3 aromatic heterocycles. The molecule has 3 rings (SSSR count). The van der Waals surface area contributed by atoms with E-state index in [0.29, 0.717) is 17.5 Å². The third kappa shape index (κ3) is 2.07. The molecule has 0 bridgehead atoms. The number of aromatic amines is 1. The normalized spacial score (nSPS) is 11.3. The zero-order chi connectivity index (χ0) is 13.4. The molecule has 8 nitrogen and oxygen atoms in total. The summed E-state index contributed by atoms with van der Waals surface area (Å²) in [5.41, 5.74) is 1.05. The van der Waals surface area contributed by atoms with Crippen LogP contribution in [0.15, 0.2) is 29.6 Å². The lowest BCUT2D eigenvalue weighted by Crippen LogP contribution is -2.09. The van der Waals surface area contributed by atoms with E-state index in [9.17, 15) is 4.79 Å². The predicted octanol–water partition coefficient (Wildman–Crippen LogP) is 0.939. The van der Waals surface area contributed by atoms with E-state index in [1.54, 1.807) is 12.3 Å². The first kappa shape index (κ1) is 11.5. The molecule has 0 aliphatic carbocycles. The molecular weight excluding hydrogens is 246 g/mol. The number of nitrogens with one attached hydrogen (secondary N) is 2. The SMILES string of the molecule is CC(C)n1cc(Nc2cc3n[nH]c(=O)n3cn2)cn1. The summed E-state index contributed by atoms with van der Waals surface area (Å²) >= 11 is 0. The van der Waals surface area contributed by atoms with E-state index < -0.39 is 0 Å². The van der Waals surface area contributed by atoms with Gasteiger partial charge in [-0.05, 0) is 13.8 Å². The van der Waals surface area contributed by atoms with Crippen LogP contribution in [0.25, 0.3) is 5.65 Å². The molecule has 8 heteroatoms. The molecule has 98 valence electrons. The molecule has 0 aliphatic rings. The number of hydrogen-bond acceptors (Lipinski definition) is 5. The van der Waals surface area contributed by atoms with Gasteiger partial charge in [-0.15, -0.1) is 0 Å². The number of nitrogens with zero attached hydrogens (tertiary/aromatic N) is 5. The summed E-state index contributed by atoms with van der Waals surface area (Å²) in [6, 6.07) is 1.99. The monoisotopic (exact) mass is 259 g/mol. The molecule has 19 heavy (non-hydrogen) atoms. The lowest BCUT2D eigenvalue weighted by atomic mass is 10.4. The Bertz CT molecular complexity index is 767. The third-order valence-corrected chi connectivity index (χ3v) is 2.71. The Kier molecular flexibility index (Phi) is 2.55. The Labute approximate surface area is 108 Å². The molecule has 0 fully saturated rings. The second-order valence-corrected chi connectivity index (χ2v) is 4.46. The van der Waals surface area contributed by atoms with Gasteiger partial charge in [0.15, 0.2) is 5.65 Å². The first-order valence-electron chi connectivity index (χ1n) is 5.87. The minimum atomic E-state index is -0.304. The first-order valence-corrected chi connectivity index (χ1v) is 5.87. The lowest BCUT2D eigenvalue weighted by Gasteiger charge is -2.04.